The molecule has 96 valence electrons. The van der Waals surface area contributed by atoms with Crippen molar-refractivity contribution in [1.29, 1.82) is 0 Å². The Morgan fingerprint density at radius 2 is 2.12 bits per heavy atom. The lowest BCUT2D eigenvalue weighted by Gasteiger charge is -2.36. The molecule has 0 aliphatic heterocycles. The number of aliphatic hydroxyl groups excluding tert-OH is 1. The lowest BCUT2D eigenvalue weighted by atomic mass is 9.82. The summed E-state index contributed by atoms with van der Waals surface area (Å²) in [5.41, 5.74) is 2.17. The van der Waals surface area contributed by atoms with Gasteiger partial charge in [0.05, 0.1) is 18.0 Å². The van der Waals surface area contributed by atoms with Gasteiger partial charge < -0.3 is 10.4 Å². The third-order valence-electron chi connectivity index (χ3n) is 3.86. The summed E-state index contributed by atoms with van der Waals surface area (Å²) in [5, 5.41) is 17.5. The summed E-state index contributed by atoms with van der Waals surface area (Å²) in [4.78, 5) is 0. The summed E-state index contributed by atoms with van der Waals surface area (Å²) >= 11 is 0. The van der Waals surface area contributed by atoms with E-state index in [-0.39, 0.29) is 12.1 Å². The predicted molar refractivity (Wildman–Crippen MR) is 67.7 cm³/mol. The van der Waals surface area contributed by atoms with Crippen LogP contribution in [0.15, 0.2) is 6.07 Å². The normalized spacial score (nSPS) is 19.5. The van der Waals surface area contributed by atoms with Gasteiger partial charge in [-0.15, -0.1) is 0 Å². The van der Waals surface area contributed by atoms with Crippen LogP contribution in [0.4, 0.5) is 0 Å². The van der Waals surface area contributed by atoms with E-state index in [4.69, 9.17) is 0 Å². The molecule has 2 rings (SSSR count). The van der Waals surface area contributed by atoms with Crippen molar-refractivity contribution in [2.75, 3.05) is 6.61 Å². The van der Waals surface area contributed by atoms with E-state index in [2.05, 4.69) is 16.5 Å². The molecule has 2 N–H and O–H groups in total. The fourth-order valence-electron chi connectivity index (χ4n) is 2.73. The summed E-state index contributed by atoms with van der Waals surface area (Å²) in [5.74, 6) is 0. The minimum Gasteiger partial charge on any atom is -0.394 e. The molecule has 1 fully saturated rings. The molecule has 1 aliphatic rings. The second-order valence-electron chi connectivity index (χ2n) is 5.25. The molecule has 1 aromatic rings. The molecule has 1 heterocycles. The Balaban J connectivity index is 1.98. The van der Waals surface area contributed by atoms with Gasteiger partial charge in [-0.3, -0.25) is 4.68 Å². The number of rotatable bonds is 4. The molecule has 0 saturated heterocycles. The van der Waals surface area contributed by atoms with Crippen LogP contribution in [-0.2, 0) is 13.6 Å². The quantitative estimate of drug-likeness (QED) is 0.834. The standard InChI is InChI=1S/C13H23N3O/c1-11-8-12(16(2)15-11)9-14-13(10-17)6-4-3-5-7-13/h8,14,17H,3-7,9-10H2,1-2H3. The summed E-state index contributed by atoms with van der Waals surface area (Å²) in [6.45, 7) is 3.04. The highest BCUT2D eigenvalue weighted by molar-refractivity contribution is 5.09. The Labute approximate surface area is 103 Å². The fraction of sp³-hybridized carbons (Fsp3) is 0.769. The predicted octanol–water partition coefficient (Wildman–Crippen LogP) is 1.51. The molecule has 0 unspecified atom stereocenters. The molecule has 0 bridgehead atoms. The summed E-state index contributed by atoms with van der Waals surface area (Å²) in [6, 6.07) is 2.10. The number of aryl methyl sites for hydroxylation is 2. The molecule has 0 atom stereocenters. The van der Waals surface area contributed by atoms with Gasteiger partial charge in [0, 0.05) is 19.1 Å². The van der Waals surface area contributed by atoms with Crippen LogP contribution < -0.4 is 5.32 Å². The highest BCUT2D eigenvalue weighted by atomic mass is 16.3. The molecule has 0 spiro atoms. The topological polar surface area (TPSA) is 50.1 Å². The van der Waals surface area contributed by atoms with E-state index in [1.165, 1.54) is 25.0 Å². The lowest BCUT2D eigenvalue weighted by Crippen LogP contribution is -2.49. The molecule has 1 aromatic heterocycles. The van der Waals surface area contributed by atoms with E-state index in [0.717, 1.165) is 25.1 Å². The minimum atomic E-state index is -0.0591. The Kier molecular flexibility index (Phi) is 3.84. The lowest BCUT2D eigenvalue weighted by molar-refractivity contribution is 0.119. The number of hydrogen-bond acceptors (Lipinski definition) is 3. The molecule has 17 heavy (non-hydrogen) atoms. The van der Waals surface area contributed by atoms with Gasteiger partial charge in [0.2, 0.25) is 0 Å². The van der Waals surface area contributed by atoms with Crippen LogP contribution in [0.5, 0.6) is 0 Å². The van der Waals surface area contributed by atoms with Crippen LogP contribution in [0, 0.1) is 6.92 Å². The third kappa shape index (κ3) is 2.87. The zero-order valence-corrected chi connectivity index (χ0v) is 10.9. The van der Waals surface area contributed by atoms with Crippen LogP contribution in [0.1, 0.15) is 43.5 Å². The van der Waals surface area contributed by atoms with Gasteiger partial charge in [0.15, 0.2) is 0 Å². The molecular formula is C13H23N3O. The van der Waals surface area contributed by atoms with E-state index in [0.29, 0.717) is 0 Å². The minimum absolute atomic E-state index is 0.0591. The molecule has 0 radical (unpaired) electrons. The summed E-state index contributed by atoms with van der Waals surface area (Å²) < 4.78 is 1.91. The van der Waals surface area contributed by atoms with Gasteiger partial charge in [0.1, 0.15) is 0 Å². The average molecular weight is 237 g/mol. The maximum atomic E-state index is 9.61. The maximum absolute atomic E-state index is 9.61. The SMILES string of the molecule is Cc1cc(CNC2(CO)CCCCC2)n(C)n1. The highest BCUT2D eigenvalue weighted by Gasteiger charge is 2.30. The highest BCUT2D eigenvalue weighted by Crippen LogP contribution is 2.28. The van der Waals surface area contributed by atoms with Gasteiger partial charge in [-0.05, 0) is 25.8 Å². The number of nitrogens with zero attached hydrogens (tertiary/aromatic N) is 2. The van der Waals surface area contributed by atoms with E-state index < -0.39 is 0 Å². The van der Waals surface area contributed by atoms with Crippen molar-refractivity contribution in [2.45, 2.75) is 51.1 Å². The van der Waals surface area contributed by atoms with Crippen LogP contribution in [-0.4, -0.2) is 27.0 Å². The van der Waals surface area contributed by atoms with E-state index >= 15 is 0 Å². The Morgan fingerprint density at radius 1 is 1.41 bits per heavy atom. The van der Waals surface area contributed by atoms with Crippen LogP contribution in [0.3, 0.4) is 0 Å². The molecule has 4 nitrogen and oxygen atoms in total. The van der Waals surface area contributed by atoms with Crippen molar-refractivity contribution in [3.63, 3.8) is 0 Å². The first-order valence-corrected chi connectivity index (χ1v) is 6.51. The second kappa shape index (κ2) is 5.19. The first kappa shape index (κ1) is 12.6. The largest absolute Gasteiger partial charge is 0.394 e. The van der Waals surface area contributed by atoms with Gasteiger partial charge >= 0.3 is 0 Å². The molecule has 1 saturated carbocycles. The zero-order chi connectivity index (χ0) is 12.3. The average Bonchev–Trinajstić information content (AvgIpc) is 2.67. The van der Waals surface area contributed by atoms with E-state index in [1.807, 2.05) is 18.7 Å². The first-order chi connectivity index (χ1) is 8.15. The van der Waals surface area contributed by atoms with Gasteiger partial charge in [-0.1, -0.05) is 19.3 Å². The van der Waals surface area contributed by atoms with Gasteiger partial charge in [0.25, 0.3) is 0 Å². The van der Waals surface area contributed by atoms with E-state index in [1.54, 1.807) is 0 Å². The number of aromatic nitrogens is 2. The second-order valence-corrected chi connectivity index (χ2v) is 5.25. The Bertz CT molecular complexity index is 367. The van der Waals surface area contributed by atoms with Gasteiger partial charge in [-0.2, -0.15) is 5.10 Å². The molecule has 0 amide bonds. The summed E-state index contributed by atoms with van der Waals surface area (Å²) in [7, 11) is 1.97. The smallest absolute Gasteiger partial charge is 0.0613 e. The third-order valence-corrected chi connectivity index (χ3v) is 3.86. The van der Waals surface area contributed by atoms with Crippen molar-refractivity contribution in [2.24, 2.45) is 7.05 Å². The number of nitrogens with one attached hydrogen (secondary N) is 1. The van der Waals surface area contributed by atoms with Crippen molar-refractivity contribution in [1.82, 2.24) is 15.1 Å². The molecule has 1 aliphatic carbocycles. The monoisotopic (exact) mass is 237 g/mol. The van der Waals surface area contributed by atoms with Crippen LogP contribution in [0.2, 0.25) is 0 Å². The fourth-order valence-corrected chi connectivity index (χ4v) is 2.73. The number of aliphatic hydroxyl groups is 1. The number of hydrogen-bond donors (Lipinski definition) is 2. The molecule has 4 heteroatoms. The zero-order valence-electron chi connectivity index (χ0n) is 10.9. The summed E-state index contributed by atoms with van der Waals surface area (Å²) in [6.07, 6.45) is 5.91. The van der Waals surface area contributed by atoms with Crippen molar-refractivity contribution < 1.29 is 5.11 Å². The van der Waals surface area contributed by atoms with Crippen molar-refractivity contribution in [3.05, 3.63) is 17.5 Å². The Morgan fingerprint density at radius 3 is 2.65 bits per heavy atom. The van der Waals surface area contributed by atoms with Crippen molar-refractivity contribution in [3.8, 4) is 0 Å². The first-order valence-electron chi connectivity index (χ1n) is 6.51. The molecular weight excluding hydrogens is 214 g/mol. The Hall–Kier alpha value is -0.870. The molecule has 0 aromatic carbocycles. The van der Waals surface area contributed by atoms with E-state index in [9.17, 15) is 5.11 Å². The van der Waals surface area contributed by atoms with Crippen LogP contribution in [0.25, 0.3) is 0 Å². The maximum Gasteiger partial charge on any atom is 0.0613 e. The van der Waals surface area contributed by atoms with Gasteiger partial charge in [-0.25, -0.2) is 0 Å². The van der Waals surface area contributed by atoms with Crippen molar-refractivity contribution >= 4 is 0 Å². The van der Waals surface area contributed by atoms with Crippen LogP contribution >= 0.6 is 0 Å².